The lowest BCUT2D eigenvalue weighted by Crippen LogP contribution is -2.16. The standard InChI is InChI=1S/C24H19F2N5O2/c1-13(31-12-29-20-23(30(2)3)27-11-28-24(20)31)22-18(14-6-4-7-15(25)10-14)21(32)19-16(26)8-5-9-17(19)33-22/h4-13H,1-3H3/t13-/m0/s1. The van der Waals surface area contributed by atoms with Crippen LogP contribution in [0.1, 0.15) is 18.7 Å². The summed E-state index contributed by atoms with van der Waals surface area (Å²) in [6.07, 6.45) is 3.02. The van der Waals surface area contributed by atoms with Gasteiger partial charge in [-0.15, -0.1) is 0 Å². The van der Waals surface area contributed by atoms with Crippen LogP contribution in [-0.4, -0.2) is 33.6 Å². The molecule has 0 aliphatic rings. The Hall–Kier alpha value is -4.14. The maximum Gasteiger partial charge on any atom is 0.203 e. The summed E-state index contributed by atoms with van der Waals surface area (Å²) in [6.45, 7) is 1.81. The molecule has 5 rings (SSSR count). The van der Waals surface area contributed by atoms with Crippen LogP contribution in [0, 0.1) is 11.6 Å². The lowest BCUT2D eigenvalue weighted by atomic mass is 9.99. The van der Waals surface area contributed by atoms with E-state index >= 15 is 0 Å². The Morgan fingerprint density at radius 3 is 2.61 bits per heavy atom. The molecule has 33 heavy (non-hydrogen) atoms. The van der Waals surface area contributed by atoms with Gasteiger partial charge in [0.25, 0.3) is 0 Å². The van der Waals surface area contributed by atoms with E-state index in [2.05, 4.69) is 15.0 Å². The van der Waals surface area contributed by atoms with Crippen molar-refractivity contribution in [3.63, 3.8) is 0 Å². The van der Waals surface area contributed by atoms with Gasteiger partial charge >= 0.3 is 0 Å². The van der Waals surface area contributed by atoms with Crippen molar-refractivity contribution in [2.45, 2.75) is 13.0 Å². The van der Waals surface area contributed by atoms with Crippen molar-refractivity contribution in [3.05, 3.63) is 82.7 Å². The highest BCUT2D eigenvalue weighted by Gasteiger charge is 2.25. The first-order valence-electron chi connectivity index (χ1n) is 10.2. The van der Waals surface area contributed by atoms with Gasteiger partial charge in [-0.05, 0) is 36.8 Å². The predicted octanol–water partition coefficient (Wildman–Crippen LogP) is 4.55. The minimum Gasteiger partial charge on any atom is -0.458 e. The third-order valence-corrected chi connectivity index (χ3v) is 5.57. The molecule has 0 fully saturated rings. The van der Waals surface area contributed by atoms with Gasteiger partial charge < -0.3 is 13.9 Å². The summed E-state index contributed by atoms with van der Waals surface area (Å²) in [5, 5.41) is -0.180. The Kier molecular flexibility index (Phi) is 4.88. The summed E-state index contributed by atoms with van der Waals surface area (Å²) < 4.78 is 36.5. The number of nitrogens with zero attached hydrogens (tertiary/aromatic N) is 5. The van der Waals surface area contributed by atoms with Gasteiger partial charge in [0.05, 0.1) is 17.9 Å². The highest BCUT2D eigenvalue weighted by atomic mass is 19.1. The highest BCUT2D eigenvalue weighted by Crippen LogP contribution is 2.33. The average Bonchev–Trinajstić information content (AvgIpc) is 3.22. The molecule has 5 aromatic rings. The first kappa shape index (κ1) is 20.7. The largest absolute Gasteiger partial charge is 0.458 e. The fourth-order valence-corrected chi connectivity index (χ4v) is 4.00. The summed E-state index contributed by atoms with van der Waals surface area (Å²) in [6, 6.07) is 9.22. The van der Waals surface area contributed by atoms with Crippen LogP contribution >= 0.6 is 0 Å². The van der Waals surface area contributed by atoms with Crippen LogP contribution < -0.4 is 10.3 Å². The monoisotopic (exact) mass is 447 g/mol. The number of anilines is 1. The number of rotatable bonds is 4. The number of aromatic nitrogens is 4. The first-order chi connectivity index (χ1) is 15.9. The lowest BCUT2D eigenvalue weighted by Gasteiger charge is -2.18. The second-order valence-electron chi connectivity index (χ2n) is 7.89. The van der Waals surface area contributed by atoms with Crippen LogP contribution in [0.15, 0.2) is 64.3 Å². The maximum absolute atomic E-state index is 14.6. The van der Waals surface area contributed by atoms with E-state index in [4.69, 9.17) is 4.42 Å². The SMILES string of the molecule is C[C@@H](c1oc2cccc(F)c2c(=O)c1-c1cccc(F)c1)n1cnc2c(N(C)C)ncnc21. The highest BCUT2D eigenvalue weighted by molar-refractivity contribution is 5.85. The Morgan fingerprint density at radius 2 is 1.85 bits per heavy atom. The summed E-state index contributed by atoms with van der Waals surface area (Å²) in [5.74, 6) is -0.337. The minimum absolute atomic E-state index is 0.0864. The second kappa shape index (κ2) is 7.77. The van der Waals surface area contributed by atoms with Crippen molar-refractivity contribution in [1.29, 1.82) is 0 Å². The van der Waals surface area contributed by atoms with Gasteiger partial charge in [0.2, 0.25) is 5.43 Å². The summed E-state index contributed by atoms with van der Waals surface area (Å²) in [5.41, 5.74) is 1.03. The number of hydrogen-bond donors (Lipinski definition) is 0. The van der Waals surface area contributed by atoms with Crippen LogP contribution in [0.2, 0.25) is 0 Å². The summed E-state index contributed by atoms with van der Waals surface area (Å²) >= 11 is 0. The van der Waals surface area contributed by atoms with E-state index in [0.717, 1.165) is 0 Å². The molecular formula is C24H19F2N5O2. The van der Waals surface area contributed by atoms with E-state index in [0.29, 0.717) is 22.5 Å². The van der Waals surface area contributed by atoms with Gasteiger partial charge in [0.1, 0.15) is 34.7 Å². The molecule has 0 saturated heterocycles. The molecule has 166 valence electrons. The van der Waals surface area contributed by atoms with E-state index in [1.54, 1.807) is 17.0 Å². The lowest BCUT2D eigenvalue weighted by molar-refractivity contribution is 0.466. The van der Waals surface area contributed by atoms with Crippen molar-refractivity contribution in [1.82, 2.24) is 19.5 Å². The number of fused-ring (bicyclic) bond motifs is 2. The van der Waals surface area contributed by atoms with E-state index in [-0.39, 0.29) is 22.3 Å². The summed E-state index contributed by atoms with van der Waals surface area (Å²) in [4.78, 5) is 28.4. The van der Waals surface area contributed by atoms with Gasteiger partial charge in [0, 0.05) is 14.1 Å². The van der Waals surface area contributed by atoms with Crippen molar-refractivity contribution in [2.75, 3.05) is 19.0 Å². The molecule has 0 aliphatic heterocycles. The van der Waals surface area contributed by atoms with E-state index < -0.39 is 23.1 Å². The van der Waals surface area contributed by atoms with Crippen LogP contribution in [0.3, 0.4) is 0 Å². The smallest absolute Gasteiger partial charge is 0.203 e. The zero-order chi connectivity index (χ0) is 23.3. The molecule has 0 saturated carbocycles. The fraction of sp³-hybridized carbons (Fsp3) is 0.167. The maximum atomic E-state index is 14.6. The molecule has 0 unspecified atom stereocenters. The van der Waals surface area contributed by atoms with Crippen molar-refractivity contribution < 1.29 is 13.2 Å². The number of halogens is 2. The van der Waals surface area contributed by atoms with Gasteiger partial charge in [0.15, 0.2) is 17.0 Å². The van der Waals surface area contributed by atoms with Crippen molar-refractivity contribution >= 4 is 28.0 Å². The molecule has 0 amide bonds. The fourth-order valence-electron chi connectivity index (χ4n) is 4.00. The van der Waals surface area contributed by atoms with Gasteiger partial charge in [-0.25, -0.2) is 23.7 Å². The molecule has 7 nitrogen and oxygen atoms in total. The molecule has 0 N–H and O–H groups in total. The second-order valence-corrected chi connectivity index (χ2v) is 7.89. The van der Waals surface area contributed by atoms with Gasteiger partial charge in [-0.2, -0.15) is 0 Å². The Labute approximate surface area is 187 Å². The van der Waals surface area contributed by atoms with Crippen LogP contribution in [0.4, 0.5) is 14.6 Å². The number of imidazole rings is 1. The molecule has 3 heterocycles. The normalized spacial score (nSPS) is 12.4. The molecule has 0 aliphatic carbocycles. The summed E-state index contributed by atoms with van der Waals surface area (Å²) in [7, 11) is 3.70. The Bertz CT molecular complexity index is 1580. The number of hydrogen-bond acceptors (Lipinski definition) is 6. The third-order valence-electron chi connectivity index (χ3n) is 5.57. The molecule has 9 heteroatoms. The molecule has 0 radical (unpaired) electrons. The van der Waals surface area contributed by atoms with Crippen LogP contribution in [0.5, 0.6) is 0 Å². The van der Waals surface area contributed by atoms with Crippen molar-refractivity contribution in [3.8, 4) is 11.1 Å². The molecule has 3 aromatic heterocycles. The average molecular weight is 447 g/mol. The van der Waals surface area contributed by atoms with Crippen molar-refractivity contribution in [2.24, 2.45) is 0 Å². The minimum atomic E-state index is -0.699. The Morgan fingerprint density at radius 1 is 1.06 bits per heavy atom. The topological polar surface area (TPSA) is 77.0 Å². The molecular weight excluding hydrogens is 428 g/mol. The van der Waals surface area contributed by atoms with E-state index in [9.17, 15) is 13.6 Å². The van der Waals surface area contributed by atoms with Crippen LogP contribution in [-0.2, 0) is 0 Å². The first-order valence-corrected chi connectivity index (χ1v) is 10.2. The third kappa shape index (κ3) is 3.32. The van der Waals surface area contributed by atoms with Gasteiger partial charge in [-0.3, -0.25) is 4.79 Å². The quantitative estimate of drug-likeness (QED) is 0.402. The zero-order valence-corrected chi connectivity index (χ0v) is 18.1. The zero-order valence-electron chi connectivity index (χ0n) is 18.1. The van der Waals surface area contributed by atoms with Gasteiger partial charge in [-0.1, -0.05) is 18.2 Å². The molecule has 0 spiro atoms. The molecule has 1 atom stereocenters. The molecule has 2 aromatic carbocycles. The molecule has 0 bridgehead atoms. The number of benzene rings is 2. The van der Waals surface area contributed by atoms with E-state index in [1.807, 2.05) is 25.9 Å². The Balaban J connectivity index is 1.81. The van der Waals surface area contributed by atoms with E-state index in [1.165, 1.54) is 42.7 Å². The predicted molar refractivity (Wildman–Crippen MR) is 121 cm³/mol. The van der Waals surface area contributed by atoms with Crippen LogP contribution in [0.25, 0.3) is 33.3 Å².